The lowest BCUT2D eigenvalue weighted by molar-refractivity contribution is -0.137. The molecule has 0 aliphatic rings. The largest absolute Gasteiger partial charge is 0.417 e. The molecule has 0 bridgehead atoms. The van der Waals surface area contributed by atoms with Crippen molar-refractivity contribution in [3.8, 4) is 11.3 Å². The third kappa shape index (κ3) is 4.09. The zero-order valence-electron chi connectivity index (χ0n) is 17.0. The third-order valence-corrected chi connectivity index (χ3v) is 5.57. The van der Waals surface area contributed by atoms with Crippen LogP contribution in [0.5, 0.6) is 0 Å². The second-order valence-electron chi connectivity index (χ2n) is 7.18. The SMILES string of the molecule is CN(C)C(=O)c1csc2nc(-c3cccc(NC(=O)c4ccccc4C(F)(F)F)c3)cn12. The van der Waals surface area contributed by atoms with E-state index in [2.05, 4.69) is 10.3 Å². The van der Waals surface area contributed by atoms with Crippen LogP contribution in [0.25, 0.3) is 16.2 Å². The van der Waals surface area contributed by atoms with Crippen LogP contribution in [-0.2, 0) is 6.18 Å². The van der Waals surface area contributed by atoms with E-state index in [-0.39, 0.29) is 5.91 Å². The molecule has 0 atom stereocenters. The van der Waals surface area contributed by atoms with Crippen LogP contribution in [0.15, 0.2) is 60.1 Å². The summed E-state index contributed by atoms with van der Waals surface area (Å²) in [7, 11) is 3.32. The van der Waals surface area contributed by atoms with Crippen LogP contribution in [-0.4, -0.2) is 40.2 Å². The summed E-state index contributed by atoms with van der Waals surface area (Å²) in [6.45, 7) is 0. The fraction of sp³-hybridized carbons (Fsp3) is 0.136. The summed E-state index contributed by atoms with van der Waals surface area (Å²) < 4.78 is 41.4. The van der Waals surface area contributed by atoms with Crippen molar-refractivity contribution in [2.75, 3.05) is 19.4 Å². The summed E-state index contributed by atoms with van der Waals surface area (Å²) in [6, 6.07) is 11.2. The number of imidazole rings is 1. The van der Waals surface area contributed by atoms with E-state index in [1.165, 1.54) is 28.4 Å². The van der Waals surface area contributed by atoms with Gasteiger partial charge in [-0.2, -0.15) is 13.2 Å². The topological polar surface area (TPSA) is 66.7 Å². The molecule has 4 aromatic rings. The zero-order chi connectivity index (χ0) is 23.0. The number of carbonyl (C=O) groups excluding carboxylic acids is 2. The number of amides is 2. The highest BCUT2D eigenvalue weighted by Gasteiger charge is 2.34. The van der Waals surface area contributed by atoms with E-state index >= 15 is 0 Å². The van der Waals surface area contributed by atoms with Crippen molar-refractivity contribution in [1.29, 1.82) is 0 Å². The molecule has 0 radical (unpaired) electrons. The van der Waals surface area contributed by atoms with Gasteiger partial charge in [0.1, 0.15) is 5.69 Å². The number of rotatable bonds is 4. The van der Waals surface area contributed by atoms with Crippen LogP contribution in [0.4, 0.5) is 18.9 Å². The molecule has 0 saturated carbocycles. The van der Waals surface area contributed by atoms with Crippen LogP contribution in [0.1, 0.15) is 26.4 Å². The maximum atomic E-state index is 13.2. The number of anilines is 1. The predicted molar refractivity (Wildman–Crippen MR) is 116 cm³/mol. The van der Waals surface area contributed by atoms with Gasteiger partial charge in [0, 0.05) is 36.9 Å². The molecule has 2 aromatic heterocycles. The molecule has 6 nitrogen and oxygen atoms in total. The minimum Gasteiger partial charge on any atom is -0.343 e. The van der Waals surface area contributed by atoms with Crippen molar-refractivity contribution >= 4 is 33.8 Å². The number of thiazole rings is 1. The highest BCUT2D eigenvalue weighted by Crippen LogP contribution is 2.32. The van der Waals surface area contributed by atoms with Gasteiger partial charge in [-0.25, -0.2) is 4.98 Å². The van der Waals surface area contributed by atoms with Gasteiger partial charge in [-0.05, 0) is 24.3 Å². The molecule has 0 fully saturated rings. The molecule has 4 rings (SSSR count). The second kappa shape index (κ2) is 8.12. The first-order chi connectivity index (χ1) is 15.1. The number of benzene rings is 2. The summed E-state index contributed by atoms with van der Waals surface area (Å²) in [5.74, 6) is -1.02. The van der Waals surface area contributed by atoms with Crippen LogP contribution in [0.2, 0.25) is 0 Å². The van der Waals surface area contributed by atoms with Crippen molar-refractivity contribution in [3.05, 3.63) is 76.9 Å². The first-order valence-corrected chi connectivity index (χ1v) is 10.3. The highest BCUT2D eigenvalue weighted by atomic mass is 32.1. The molecule has 0 saturated heterocycles. The number of aromatic nitrogens is 2. The molecule has 164 valence electrons. The number of carbonyl (C=O) groups is 2. The molecule has 2 aromatic carbocycles. The van der Waals surface area contributed by atoms with Crippen LogP contribution < -0.4 is 5.32 Å². The van der Waals surface area contributed by atoms with E-state index in [1.54, 1.807) is 54.3 Å². The van der Waals surface area contributed by atoms with E-state index in [4.69, 9.17) is 0 Å². The Labute approximate surface area is 184 Å². The molecule has 10 heteroatoms. The lowest BCUT2D eigenvalue weighted by Crippen LogP contribution is -2.22. The number of hydrogen-bond acceptors (Lipinski definition) is 4. The molecule has 2 amide bonds. The summed E-state index contributed by atoms with van der Waals surface area (Å²) in [5.41, 5.74) is 0.552. The van der Waals surface area contributed by atoms with Gasteiger partial charge in [-0.1, -0.05) is 24.3 Å². The van der Waals surface area contributed by atoms with Crippen molar-refractivity contribution in [1.82, 2.24) is 14.3 Å². The average Bonchev–Trinajstić information content (AvgIpc) is 3.33. The van der Waals surface area contributed by atoms with Gasteiger partial charge in [0.2, 0.25) is 0 Å². The minimum atomic E-state index is -4.64. The van der Waals surface area contributed by atoms with Gasteiger partial charge in [-0.3, -0.25) is 14.0 Å². The maximum Gasteiger partial charge on any atom is 0.417 e. The first-order valence-electron chi connectivity index (χ1n) is 9.41. The van der Waals surface area contributed by atoms with Crippen molar-refractivity contribution in [2.45, 2.75) is 6.18 Å². The van der Waals surface area contributed by atoms with Gasteiger partial charge < -0.3 is 10.2 Å². The Bertz CT molecular complexity index is 1320. The van der Waals surface area contributed by atoms with E-state index in [1.807, 2.05) is 0 Å². The number of alkyl halides is 3. The van der Waals surface area contributed by atoms with Crippen LogP contribution in [0, 0.1) is 0 Å². The molecule has 2 heterocycles. The van der Waals surface area contributed by atoms with Gasteiger partial charge in [0.25, 0.3) is 11.8 Å². The van der Waals surface area contributed by atoms with E-state index in [0.717, 1.165) is 12.1 Å². The molecule has 0 aliphatic carbocycles. The molecule has 32 heavy (non-hydrogen) atoms. The Balaban J connectivity index is 1.63. The Morgan fingerprint density at radius 1 is 1.09 bits per heavy atom. The summed E-state index contributed by atoms with van der Waals surface area (Å²) >= 11 is 1.32. The summed E-state index contributed by atoms with van der Waals surface area (Å²) in [6.07, 6.45) is -2.93. The molecular weight excluding hydrogens is 441 g/mol. The lowest BCUT2D eigenvalue weighted by atomic mass is 10.1. The van der Waals surface area contributed by atoms with Crippen molar-refractivity contribution in [3.63, 3.8) is 0 Å². The molecule has 0 unspecified atom stereocenters. The van der Waals surface area contributed by atoms with Crippen LogP contribution in [0.3, 0.4) is 0 Å². The van der Waals surface area contributed by atoms with Gasteiger partial charge in [0.15, 0.2) is 4.96 Å². The standard InChI is InChI=1S/C22H17F3N4O2S/c1-28(2)20(31)18-12-32-21-27-17(11-29(18)21)13-6-5-7-14(10-13)26-19(30)15-8-3-4-9-16(15)22(23,24)25/h3-12H,1-2H3,(H,26,30). The predicted octanol–water partition coefficient (Wildman–Crippen LogP) is 5.04. The fourth-order valence-corrected chi connectivity index (χ4v) is 4.04. The van der Waals surface area contributed by atoms with Gasteiger partial charge in [-0.15, -0.1) is 11.3 Å². The molecule has 0 aliphatic heterocycles. The molecule has 1 N–H and O–H groups in total. The normalized spacial score (nSPS) is 11.5. The number of fused-ring (bicyclic) bond motifs is 1. The minimum absolute atomic E-state index is 0.162. The average molecular weight is 458 g/mol. The fourth-order valence-electron chi connectivity index (χ4n) is 3.19. The summed E-state index contributed by atoms with van der Waals surface area (Å²) in [4.78, 5) is 31.5. The number of nitrogens with one attached hydrogen (secondary N) is 1. The molecule has 0 spiro atoms. The first kappa shape index (κ1) is 21.6. The van der Waals surface area contributed by atoms with E-state index in [9.17, 15) is 22.8 Å². The van der Waals surface area contributed by atoms with Crippen molar-refractivity contribution < 1.29 is 22.8 Å². The van der Waals surface area contributed by atoms with Gasteiger partial charge in [0.05, 0.1) is 16.8 Å². The quantitative estimate of drug-likeness (QED) is 0.466. The number of hydrogen-bond donors (Lipinski definition) is 1. The lowest BCUT2D eigenvalue weighted by Gasteiger charge is -2.13. The van der Waals surface area contributed by atoms with Gasteiger partial charge >= 0.3 is 6.18 Å². The Kier molecular flexibility index (Phi) is 5.47. The third-order valence-electron chi connectivity index (χ3n) is 4.73. The number of halogens is 3. The zero-order valence-corrected chi connectivity index (χ0v) is 17.8. The Hall–Kier alpha value is -3.66. The maximum absolute atomic E-state index is 13.2. The molecular formula is C22H17F3N4O2S. The number of nitrogens with zero attached hydrogens (tertiary/aromatic N) is 3. The van der Waals surface area contributed by atoms with E-state index < -0.39 is 23.2 Å². The van der Waals surface area contributed by atoms with Crippen LogP contribution >= 0.6 is 11.3 Å². The van der Waals surface area contributed by atoms with E-state index in [0.29, 0.717) is 27.6 Å². The Morgan fingerprint density at radius 3 is 2.56 bits per heavy atom. The smallest absolute Gasteiger partial charge is 0.343 e. The monoisotopic (exact) mass is 458 g/mol. The van der Waals surface area contributed by atoms with Crippen molar-refractivity contribution in [2.24, 2.45) is 0 Å². The Morgan fingerprint density at radius 2 is 1.84 bits per heavy atom. The highest BCUT2D eigenvalue weighted by molar-refractivity contribution is 7.15. The summed E-state index contributed by atoms with van der Waals surface area (Å²) in [5, 5.41) is 4.25. The second-order valence-corrected chi connectivity index (χ2v) is 8.01.